The Morgan fingerprint density at radius 3 is 2.00 bits per heavy atom. The fraction of sp³-hybridized carbons (Fsp3) is 1.00. The first-order valence-corrected chi connectivity index (χ1v) is 4.74. The molecule has 3 unspecified atom stereocenters. The molecule has 1 rings (SSSR count). The van der Waals surface area contributed by atoms with Crippen molar-refractivity contribution in [3.8, 4) is 0 Å². The van der Waals surface area contributed by atoms with Crippen molar-refractivity contribution in [1.82, 2.24) is 0 Å². The van der Waals surface area contributed by atoms with E-state index in [-0.39, 0.29) is 14.9 Å². The summed E-state index contributed by atoms with van der Waals surface area (Å²) in [7, 11) is 0. The maximum absolute atomic E-state index is 2.42. The summed E-state index contributed by atoms with van der Waals surface area (Å²) >= 11 is 0. The van der Waals surface area contributed by atoms with E-state index in [0.717, 1.165) is 17.8 Å². The van der Waals surface area contributed by atoms with Crippen LogP contribution in [-0.4, -0.2) is 0 Å². The Bertz CT molecular complexity index is 96.2. The average Bonchev–Trinajstić information content (AvgIpc) is 2.13. The van der Waals surface area contributed by atoms with Gasteiger partial charge >= 0.3 is 0 Å². The lowest BCUT2D eigenvalue weighted by atomic mass is 9.94. The first-order valence-electron chi connectivity index (χ1n) is 4.74. The second kappa shape index (κ2) is 6.51. The minimum atomic E-state index is 0. The quantitative estimate of drug-likeness (QED) is 0.564. The third-order valence-electron chi connectivity index (χ3n) is 2.94. The van der Waals surface area contributed by atoms with Gasteiger partial charge in [0.2, 0.25) is 0 Å². The summed E-state index contributed by atoms with van der Waals surface area (Å²) in [5, 5.41) is 0. The number of rotatable bonds is 2. The molecule has 0 spiro atoms. The van der Waals surface area contributed by atoms with E-state index < -0.39 is 0 Å². The highest BCUT2D eigenvalue weighted by molar-refractivity contribution is 4.78. The van der Waals surface area contributed by atoms with E-state index in [1.165, 1.54) is 25.7 Å². The second-order valence-electron chi connectivity index (χ2n) is 4.10. The molecule has 0 N–H and O–H groups in total. The highest BCUT2D eigenvalue weighted by Crippen LogP contribution is 2.38. The summed E-state index contributed by atoms with van der Waals surface area (Å²) in [6.45, 7) is 7.12. The Morgan fingerprint density at radius 1 is 1.08 bits per heavy atom. The van der Waals surface area contributed by atoms with Crippen molar-refractivity contribution in [3.63, 3.8) is 0 Å². The fourth-order valence-corrected chi connectivity index (χ4v) is 2.45. The van der Waals surface area contributed by atoms with E-state index >= 15 is 0 Å². The molecule has 0 saturated heterocycles. The standard InChI is InChI=1S/C10H20.2CH4/c1-4-5-10-7-8(2)6-9(10)3;;/h8-10H,4-7H2,1-3H3;2*1H4. The predicted molar refractivity (Wildman–Crippen MR) is 59.4 cm³/mol. The summed E-state index contributed by atoms with van der Waals surface area (Å²) in [6, 6.07) is 0. The van der Waals surface area contributed by atoms with Gasteiger partial charge in [-0.2, -0.15) is 0 Å². The molecule has 1 fully saturated rings. The molecule has 0 radical (unpaired) electrons. The van der Waals surface area contributed by atoms with Gasteiger partial charge in [0, 0.05) is 0 Å². The number of hydrogen-bond donors (Lipinski definition) is 0. The van der Waals surface area contributed by atoms with E-state index in [1.807, 2.05) is 0 Å². The van der Waals surface area contributed by atoms with Gasteiger partial charge in [0.15, 0.2) is 0 Å². The lowest BCUT2D eigenvalue weighted by Crippen LogP contribution is -2.02. The van der Waals surface area contributed by atoms with Gasteiger partial charge in [-0.3, -0.25) is 0 Å². The SMILES string of the molecule is C.C.CCCC1CC(C)CC1C. The summed E-state index contributed by atoms with van der Waals surface area (Å²) in [5.74, 6) is 3.07. The molecule has 12 heavy (non-hydrogen) atoms. The van der Waals surface area contributed by atoms with E-state index in [9.17, 15) is 0 Å². The van der Waals surface area contributed by atoms with Gasteiger partial charge in [0.25, 0.3) is 0 Å². The van der Waals surface area contributed by atoms with Crippen LogP contribution in [0, 0.1) is 17.8 Å². The van der Waals surface area contributed by atoms with E-state index in [1.54, 1.807) is 0 Å². The third kappa shape index (κ3) is 3.60. The molecule has 0 heterocycles. The molecule has 0 nitrogen and oxygen atoms in total. The Morgan fingerprint density at radius 2 is 1.67 bits per heavy atom. The first-order chi connectivity index (χ1) is 4.74. The normalized spacial score (nSPS) is 33.8. The van der Waals surface area contributed by atoms with E-state index in [4.69, 9.17) is 0 Å². The van der Waals surface area contributed by atoms with Crippen LogP contribution in [0.5, 0.6) is 0 Å². The fourth-order valence-electron chi connectivity index (χ4n) is 2.45. The lowest BCUT2D eigenvalue weighted by molar-refractivity contribution is 0.387. The van der Waals surface area contributed by atoms with Crippen LogP contribution in [-0.2, 0) is 0 Å². The van der Waals surface area contributed by atoms with Crippen molar-refractivity contribution < 1.29 is 0 Å². The van der Waals surface area contributed by atoms with Crippen molar-refractivity contribution in [1.29, 1.82) is 0 Å². The van der Waals surface area contributed by atoms with Crippen LogP contribution in [0.2, 0.25) is 0 Å². The van der Waals surface area contributed by atoms with Gasteiger partial charge in [-0.05, 0) is 30.6 Å². The molecule has 0 aromatic heterocycles. The zero-order valence-corrected chi connectivity index (χ0v) is 7.56. The third-order valence-corrected chi connectivity index (χ3v) is 2.94. The highest BCUT2D eigenvalue weighted by Gasteiger charge is 2.27. The largest absolute Gasteiger partial charge is 0.0776 e. The van der Waals surface area contributed by atoms with Crippen LogP contribution in [0.15, 0.2) is 0 Å². The molecule has 76 valence electrons. The zero-order chi connectivity index (χ0) is 7.56. The average molecular weight is 172 g/mol. The Hall–Kier alpha value is 0. The van der Waals surface area contributed by atoms with Gasteiger partial charge in [0.05, 0.1) is 0 Å². The summed E-state index contributed by atoms with van der Waals surface area (Å²) in [5.41, 5.74) is 0. The van der Waals surface area contributed by atoms with Crippen molar-refractivity contribution in [2.75, 3.05) is 0 Å². The van der Waals surface area contributed by atoms with Crippen LogP contribution >= 0.6 is 0 Å². The van der Waals surface area contributed by atoms with Crippen LogP contribution < -0.4 is 0 Å². The maximum atomic E-state index is 2.42. The topological polar surface area (TPSA) is 0 Å². The molecule has 1 aliphatic carbocycles. The van der Waals surface area contributed by atoms with Crippen molar-refractivity contribution >= 4 is 0 Å². The molecule has 0 amide bonds. The molecule has 0 aliphatic heterocycles. The van der Waals surface area contributed by atoms with Crippen LogP contribution in [0.3, 0.4) is 0 Å². The Labute approximate surface area is 79.8 Å². The van der Waals surface area contributed by atoms with Crippen molar-refractivity contribution in [3.05, 3.63) is 0 Å². The predicted octanol–water partition coefficient (Wildman–Crippen LogP) is 4.74. The lowest BCUT2D eigenvalue weighted by Gasteiger charge is -2.12. The second-order valence-corrected chi connectivity index (χ2v) is 4.10. The molecule has 1 aliphatic rings. The highest BCUT2D eigenvalue weighted by atomic mass is 14.3. The molecule has 0 aromatic rings. The van der Waals surface area contributed by atoms with Gasteiger partial charge < -0.3 is 0 Å². The van der Waals surface area contributed by atoms with E-state index in [2.05, 4.69) is 20.8 Å². The summed E-state index contributed by atoms with van der Waals surface area (Å²) in [4.78, 5) is 0. The molecule has 3 atom stereocenters. The molecular formula is C12H28. The van der Waals surface area contributed by atoms with E-state index in [0.29, 0.717) is 0 Å². The van der Waals surface area contributed by atoms with Crippen LogP contribution in [0.25, 0.3) is 0 Å². The Balaban J connectivity index is 0. The zero-order valence-electron chi connectivity index (χ0n) is 7.56. The van der Waals surface area contributed by atoms with Gasteiger partial charge in [-0.15, -0.1) is 0 Å². The van der Waals surface area contributed by atoms with Crippen molar-refractivity contribution in [2.24, 2.45) is 17.8 Å². The van der Waals surface area contributed by atoms with Gasteiger partial charge in [-0.1, -0.05) is 48.5 Å². The molecule has 0 heteroatoms. The van der Waals surface area contributed by atoms with Crippen LogP contribution in [0.1, 0.15) is 61.3 Å². The molecule has 1 saturated carbocycles. The molecular weight excluding hydrogens is 144 g/mol. The molecule has 0 bridgehead atoms. The maximum Gasteiger partial charge on any atom is -0.0386 e. The smallest absolute Gasteiger partial charge is 0.0386 e. The monoisotopic (exact) mass is 172 g/mol. The first kappa shape index (κ1) is 14.5. The number of hydrogen-bond acceptors (Lipinski definition) is 0. The summed E-state index contributed by atoms with van der Waals surface area (Å²) < 4.78 is 0. The van der Waals surface area contributed by atoms with Gasteiger partial charge in [-0.25, -0.2) is 0 Å². The minimum Gasteiger partial charge on any atom is -0.0776 e. The molecule has 0 aromatic carbocycles. The van der Waals surface area contributed by atoms with Crippen LogP contribution in [0.4, 0.5) is 0 Å². The summed E-state index contributed by atoms with van der Waals surface area (Å²) in [6.07, 6.45) is 5.81. The Kier molecular flexibility index (Phi) is 7.88. The van der Waals surface area contributed by atoms with Gasteiger partial charge in [0.1, 0.15) is 0 Å². The minimum absolute atomic E-state index is 0. The van der Waals surface area contributed by atoms with Crippen molar-refractivity contribution in [2.45, 2.75) is 61.3 Å².